The topological polar surface area (TPSA) is 98.0 Å². The molecule has 130 valence electrons. The lowest BCUT2D eigenvalue weighted by Gasteiger charge is -2.31. The maximum atomic E-state index is 14.0. The van der Waals surface area contributed by atoms with Gasteiger partial charge in [0.05, 0.1) is 12.8 Å². The summed E-state index contributed by atoms with van der Waals surface area (Å²) in [6.45, 7) is 0.261. The van der Waals surface area contributed by atoms with Gasteiger partial charge in [0, 0.05) is 11.6 Å². The fourth-order valence-electron chi connectivity index (χ4n) is 2.88. The van der Waals surface area contributed by atoms with Crippen molar-refractivity contribution < 1.29 is 8.81 Å². The Balaban J connectivity index is 1.46. The SMILES string of the molecule is NC1=NC2=NN(c3ccco3)NC2=C2N=CN(Cc3ccccc3F)N12. The Bertz CT molecular complexity index is 993. The van der Waals surface area contributed by atoms with E-state index in [0.717, 1.165) is 0 Å². The number of rotatable bonds is 3. The second kappa shape index (κ2) is 5.34. The van der Waals surface area contributed by atoms with Gasteiger partial charge in [-0.05, 0) is 12.1 Å². The van der Waals surface area contributed by atoms with Crippen LogP contribution in [0, 0.1) is 5.82 Å². The minimum atomic E-state index is -0.292. The first-order chi connectivity index (χ1) is 12.7. The van der Waals surface area contributed by atoms with Gasteiger partial charge in [0.15, 0.2) is 5.82 Å². The summed E-state index contributed by atoms with van der Waals surface area (Å²) in [5, 5.41) is 9.08. The van der Waals surface area contributed by atoms with Crippen molar-refractivity contribution in [3.63, 3.8) is 0 Å². The molecule has 3 aliphatic rings. The first kappa shape index (κ1) is 14.5. The fraction of sp³-hybridized carbons (Fsp3) is 0.0625. The van der Waals surface area contributed by atoms with Crippen LogP contribution >= 0.6 is 0 Å². The lowest BCUT2D eigenvalue weighted by Crippen LogP contribution is -2.48. The fourth-order valence-corrected chi connectivity index (χ4v) is 2.88. The normalized spacial score (nSPS) is 18.0. The van der Waals surface area contributed by atoms with Crippen molar-refractivity contribution in [3.8, 4) is 0 Å². The Morgan fingerprint density at radius 2 is 2.08 bits per heavy atom. The van der Waals surface area contributed by atoms with E-state index in [0.29, 0.717) is 28.8 Å². The number of anilines is 1. The second-order valence-electron chi connectivity index (χ2n) is 5.71. The van der Waals surface area contributed by atoms with Gasteiger partial charge in [-0.1, -0.05) is 18.2 Å². The summed E-state index contributed by atoms with van der Waals surface area (Å²) in [5.41, 5.74) is 10.3. The zero-order valence-electron chi connectivity index (χ0n) is 13.4. The van der Waals surface area contributed by atoms with Crippen molar-refractivity contribution >= 4 is 24.0 Å². The molecule has 0 saturated carbocycles. The van der Waals surface area contributed by atoms with E-state index in [9.17, 15) is 4.39 Å². The predicted molar refractivity (Wildman–Crippen MR) is 92.7 cm³/mol. The van der Waals surface area contributed by atoms with Crippen LogP contribution in [0.1, 0.15) is 5.56 Å². The van der Waals surface area contributed by atoms with E-state index in [2.05, 4.69) is 20.5 Å². The highest BCUT2D eigenvalue weighted by Crippen LogP contribution is 2.29. The number of hydrogen-bond donors (Lipinski definition) is 2. The number of aliphatic imine (C=N–C) groups is 2. The molecule has 1 aromatic carbocycles. The van der Waals surface area contributed by atoms with Crippen molar-refractivity contribution in [2.24, 2.45) is 20.8 Å². The number of benzene rings is 1. The Kier molecular flexibility index (Phi) is 2.98. The lowest BCUT2D eigenvalue weighted by atomic mass is 10.2. The van der Waals surface area contributed by atoms with E-state index in [1.54, 1.807) is 53.0 Å². The van der Waals surface area contributed by atoms with E-state index in [1.165, 1.54) is 11.2 Å². The Morgan fingerprint density at radius 3 is 2.88 bits per heavy atom. The van der Waals surface area contributed by atoms with Crippen LogP contribution in [0.25, 0.3) is 0 Å². The minimum absolute atomic E-state index is 0.194. The number of guanidine groups is 1. The van der Waals surface area contributed by atoms with Gasteiger partial charge in [-0.3, -0.25) is 10.4 Å². The molecule has 10 heteroatoms. The van der Waals surface area contributed by atoms with Gasteiger partial charge in [-0.2, -0.15) is 10.0 Å². The summed E-state index contributed by atoms with van der Waals surface area (Å²) in [6, 6.07) is 10.1. The number of nitrogens with two attached hydrogens (primary N) is 1. The van der Waals surface area contributed by atoms with Crippen LogP contribution in [0.3, 0.4) is 0 Å². The van der Waals surface area contributed by atoms with Crippen LogP contribution in [0.2, 0.25) is 0 Å². The van der Waals surface area contributed by atoms with Crippen molar-refractivity contribution in [1.82, 2.24) is 15.4 Å². The number of hydrogen-bond acceptors (Lipinski definition) is 9. The molecule has 0 radical (unpaired) electrons. The zero-order chi connectivity index (χ0) is 17.7. The van der Waals surface area contributed by atoms with Gasteiger partial charge in [0.2, 0.25) is 17.7 Å². The van der Waals surface area contributed by atoms with E-state index in [-0.39, 0.29) is 18.3 Å². The number of hydrazone groups is 1. The van der Waals surface area contributed by atoms with Crippen molar-refractivity contribution in [3.05, 3.63) is 65.6 Å². The number of halogens is 1. The summed E-state index contributed by atoms with van der Waals surface area (Å²) in [5.74, 6) is 1.33. The molecule has 4 heterocycles. The Morgan fingerprint density at radius 1 is 1.19 bits per heavy atom. The molecule has 0 fully saturated rings. The van der Waals surface area contributed by atoms with Gasteiger partial charge in [-0.25, -0.2) is 9.38 Å². The van der Waals surface area contributed by atoms with E-state index >= 15 is 0 Å². The smallest absolute Gasteiger partial charge is 0.235 e. The van der Waals surface area contributed by atoms with Crippen molar-refractivity contribution in [2.75, 3.05) is 5.12 Å². The summed E-state index contributed by atoms with van der Waals surface area (Å²) in [4.78, 5) is 8.71. The Hall–Kier alpha value is -3.82. The molecule has 0 unspecified atom stereocenters. The first-order valence-corrected chi connectivity index (χ1v) is 7.83. The van der Waals surface area contributed by atoms with Crippen molar-refractivity contribution in [1.29, 1.82) is 0 Å². The molecule has 3 aliphatic heterocycles. The van der Waals surface area contributed by atoms with E-state index in [1.807, 2.05) is 0 Å². The molecule has 0 aliphatic carbocycles. The molecule has 3 N–H and O–H groups in total. The molecule has 0 bridgehead atoms. The van der Waals surface area contributed by atoms with Gasteiger partial charge >= 0.3 is 0 Å². The molecule has 5 rings (SSSR count). The van der Waals surface area contributed by atoms with Gasteiger partial charge < -0.3 is 10.2 Å². The molecule has 0 atom stereocenters. The van der Waals surface area contributed by atoms with Gasteiger partial charge in [0.25, 0.3) is 0 Å². The maximum Gasteiger partial charge on any atom is 0.235 e. The monoisotopic (exact) mass is 352 g/mol. The largest absolute Gasteiger partial charge is 0.446 e. The highest BCUT2D eigenvalue weighted by Gasteiger charge is 2.38. The summed E-state index contributed by atoms with van der Waals surface area (Å²) < 4.78 is 19.3. The number of fused-ring (bicyclic) bond motifs is 2. The minimum Gasteiger partial charge on any atom is -0.446 e. The summed E-state index contributed by atoms with van der Waals surface area (Å²) in [7, 11) is 0. The lowest BCUT2D eigenvalue weighted by molar-refractivity contribution is 0.184. The molecule has 0 saturated heterocycles. The molecule has 2 aromatic rings. The molecule has 9 nitrogen and oxygen atoms in total. The number of nitrogens with one attached hydrogen (secondary N) is 1. The third-order valence-electron chi connectivity index (χ3n) is 4.07. The average Bonchev–Trinajstić information content (AvgIpc) is 3.35. The molecule has 0 spiro atoms. The molecule has 1 aromatic heterocycles. The number of furan rings is 1. The maximum absolute atomic E-state index is 14.0. The van der Waals surface area contributed by atoms with Gasteiger partial charge in [0.1, 0.15) is 17.9 Å². The number of hydrazine groups is 2. The van der Waals surface area contributed by atoms with Gasteiger partial charge in [-0.15, -0.1) is 10.2 Å². The second-order valence-corrected chi connectivity index (χ2v) is 5.71. The molecular formula is C16H13FN8O. The highest BCUT2D eigenvalue weighted by molar-refractivity contribution is 6.10. The quantitative estimate of drug-likeness (QED) is 0.864. The number of amidine groups is 1. The van der Waals surface area contributed by atoms with Crippen LogP contribution in [-0.4, -0.2) is 28.2 Å². The van der Waals surface area contributed by atoms with E-state index in [4.69, 9.17) is 10.2 Å². The first-order valence-electron chi connectivity index (χ1n) is 7.83. The number of nitrogens with zero attached hydrogens (tertiary/aromatic N) is 6. The predicted octanol–water partition coefficient (Wildman–Crippen LogP) is 1.32. The highest BCUT2D eigenvalue weighted by atomic mass is 19.1. The third kappa shape index (κ3) is 2.12. The van der Waals surface area contributed by atoms with Crippen LogP contribution in [0.4, 0.5) is 10.3 Å². The third-order valence-corrected chi connectivity index (χ3v) is 4.07. The van der Waals surface area contributed by atoms with Crippen LogP contribution in [-0.2, 0) is 6.54 Å². The Labute approximate surface area is 147 Å². The molecule has 0 amide bonds. The molecular weight excluding hydrogens is 339 g/mol. The van der Waals surface area contributed by atoms with Crippen LogP contribution in [0.15, 0.2) is 73.7 Å². The van der Waals surface area contributed by atoms with Crippen LogP contribution in [0.5, 0.6) is 0 Å². The summed E-state index contributed by atoms with van der Waals surface area (Å²) in [6.07, 6.45) is 3.13. The van der Waals surface area contributed by atoms with Crippen molar-refractivity contribution in [2.45, 2.75) is 6.54 Å². The van der Waals surface area contributed by atoms with E-state index < -0.39 is 0 Å². The summed E-state index contributed by atoms with van der Waals surface area (Å²) >= 11 is 0. The average molecular weight is 352 g/mol. The van der Waals surface area contributed by atoms with Crippen LogP contribution < -0.4 is 16.3 Å². The zero-order valence-corrected chi connectivity index (χ0v) is 13.4. The standard InChI is InChI=1S/C16H13FN8O/c17-11-5-2-1-4-10(11)8-23-9-19-15-13-14(20-16(18)24(15)23)22-25(21-13)12-6-3-7-26-12/h1-7,9,21H,8H2,(H2,18,20,22). The molecule has 26 heavy (non-hydrogen) atoms.